The first-order valence-corrected chi connectivity index (χ1v) is 12.7. The van der Waals surface area contributed by atoms with Gasteiger partial charge in [-0.25, -0.2) is 13.4 Å². The molecule has 3 aromatic carbocycles. The molecule has 9 nitrogen and oxygen atoms in total. The van der Waals surface area contributed by atoms with Crippen LogP contribution >= 0.6 is 0 Å². The summed E-state index contributed by atoms with van der Waals surface area (Å²) < 4.78 is 35.8. The minimum absolute atomic E-state index is 0.0199. The largest absolute Gasteiger partial charge is 0.466 e. The Morgan fingerprint density at radius 1 is 1.08 bits per heavy atom. The van der Waals surface area contributed by atoms with Crippen LogP contribution in [0.1, 0.15) is 23.9 Å². The zero-order chi connectivity index (χ0) is 25.7. The van der Waals surface area contributed by atoms with Crippen LogP contribution in [0, 0.1) is 11.3 Å². The number of anilines is 2. The number of fused-ring (bicyclic) bond motifs is 1. The van der Waals surface area contributed by atoms with E-state index in [0.29, 0.717) is 28.9 Å². The van der Waals surface area contributed by atoms with E-state index >= 15 is 0 Å². The summed E-state index contributed by atoms with van der Waals surface area (Å²) in [6, 6.07) is 20.7. The second-order valence-corrected chi connectivity index (χ2v) is 9.68. The molecule has 10 heteroatoms. The molecule has 0 fully saturated rings. The third kappa shape index (κ3) is 5.47. The molecular formula is C26H25N5O4S. The van der Waals surface area contributed by atoms with Crippen LogP contribution in [-0.2, 0) is 39.6 Å². The molecule has 4 rings (SSSR count). The number of benzene rings is 3. The van der Waals surface area contributed by atoms with Crippen LogP contribution in [0.15, 0.2) is 71.6 Å². The lowest BCUT2D eigenvalue weighted by Gasteiger charge is -2.12. The van der Waals surface area contributed by atoms with Crippen molar-refractivity contribution in [3.05, 3.63) is 83.7 Å². The zero-order valence-corrected chi connectivity index (χ0v) is 20.7. The number of esters is 1. The first-order chi connectivity index (χ1) is 17.3. The van der Waals surface area contributed by atoms with Crippen molar-refractivity contribution in [3.63, 3.8) is 0 Å². The zero-order valence-electron chi connectivity index (χ0n) is 19.9. The molecule has 0 aliphatic heterocycles. The first-order valence-electron chi connectivity index (χ1n) is 11.3. The van der Waals surface area contributed by atoms with Crippen LogP contribution in [0.5, 0.6) is 0 Å². The number of hydrogen-bond acceptors (Lipinski definition) is 7. The molecule has 0 atom stereocenters. The van der Waals surface area contributed by atoms with E-state index in [0.717, 1.165) is 17.0 Å². The molecule has 4 aromatic rings. The fraction of sp³-hybridized carbons (Fsp3) is 0.192. The molecule has 0 saturated carbocycles. The number of hydrogen-bond donors (Lipinski definition) is 2. The Hall–Kier alpha value is -4.36. The summed E-state index contributed by atoms with van der Waals surface area (Å²) in [4.78, 5) is 16.6. The van der Waals surface area contributed by atoms with Gasteiger partial charge in [-0.2, -0.15) is 5.26 Å². The number of sulfonamides is 1. The van der Waals surface area contributed by atoms with Crippen LogP contribution < -0.4 is 10.0 Å². The molecule has 0 bridgehead atoms. The molecule has 1 aromatic heterocycles. The molecule has 0 spiro atoms. The highest BCUT2D eigenvalue weighted by atomic mass is 32.2. The maximum Gasteiger partial charge on any atom is 0.310 e. The number of aryl methyl sites for hydroxylation is 1. The third-order valence-electron chi connectivity index (χ3n) is 5.59. The van der Waals surface area contributed by atoms with E-state index in [9.17, 15) is 13.2 Å². The summed E-state index contributed by atoms with van der Waals surface area (Å²) >= 11 is 0. The average Bonchev–Trinajstić information content (AvgIpc) is 3.17. The maximum atomic E-state index is 13.2. The van der Waals surface area contributed by atoms with Crippen LogP contribution in [0.3, 0.4) is 0 Å². The maximum absolute atomic E-state index is 13.2. The summed E-state index contributed by atoms with van der Waals surface area (Å²) in [6.45, 7) is 2.37. The fourth-order valence-electron chi connectivity index (χ4n) is 3.80. The molecular weight excluding hydrogens is 478 g/mol. The topological polar surface area (TPSA) is 126 Å². The second-order valence-electron chi connectivity index (χ2n) is 8.03. The fourth-order valence-corrected chi connectivity index (χ4v) is 5.10. The van der Waals surface area contributed by atoms with E-state index in [2.05, 4.69) is 21.1 Å². The highest BCUT2D eigenvalue weighted by Crippen LogP contribution is 2.24. The highest BCUT2D eigenvalue weighted by molar-refractivity contribution is 7.92. The third-order valence-corrected chi connectivity index (χ3v) is 7.07. The Bertz CT molecular complexity index is 1550. The quantitative estimate of drug-likeness (QED) is 0.331. The Balaban J connectivity index is 1.54. The molecule has 2 N–H and O–H groups in total. The van der Waals surface area contributed by atoms with E-state index < -0.39 is 16.0 Å². The Morgan fingerprint density at radius 3 is 2.53 bits per heavy atom. The van der Waals surface area contributed by atoms with Gasteiger partial charge in [0.25, 0.3) is 10.0 Å². The van der Waals surface area contributed by atoms with Crippen LogP contribution in [-0.4, -0.2) is 30.5 Å². The van der Waals surface area contributed by atoms with Crippen molar-refractivity contribution in [1.82, 2.24) is 9.55 Å². The lowest BCUT2D eigenvalue weighted by atomic mass is 10.1. The highest BCUT2D eigenvalue weighted by Gasteiger charge is 2.21. The molecule has 0 unspecified atom stereocenters. The van der Waals surface area contributed by atoms with Gasteiger partial charge in [0.1, 0.15) is 5.82 Å². The standard InChI is InChI=1S/C26H25N5O4S/c1-3-35-26(32)14-19-6-4-5-7-24(19)36(33,34)30-21-12-13-23-22(15-21)29-25(31(23)2)17-28-20-10-8-18(16-27)9-11-20/h4-13,15,28,30H,3,14,17H2,1-2H3. The van der Waals surface area contributed by atoms with Crippen molar-refractivity contribution < 1.29 is 17.9 Å². The molecule has 36 heavy (non-hydrogen) atoms. The molecule has 0 radical (unpaired) electrons. The number of nitriles is 1. The van der Waals surface area contributed by atoms with Crippen molar-refractivity contribution in [3.8, 4) is 6.07 Å². The predicted octanol–water partition coefficient (Wildman–Crippen LogP) is 3.96. The lowest BCUT2D eigenvalue weighted by Crippen LogP contribution is -2.17. The minimum atomic E-state index is -3.96. The second kappa shape index (κ2) is 10.5. The molecule has 0 saturated heterocycles. The van der Waals surface area contributed by atoms with Crippen LogP contribution in [0.4, 0.5) is 11.4 Å². The number of ether oxygens (including phenoxy) is 1. The minimum Gasteiger partial charge on any atom is -0.466 e. The number of nitrogens with one attached hydrogen (secondary N) is 2. The molecule has 0 amide bonds. The first kappa shape index (κ1) is 24.8. The summed E-state index contributed by atoms with van der Waals surface area (Å²) in [5, 5.41) is 12.2. The van der Waals surface area contributed by atoms with Gasteiger partial charge in [-0.1, -0.05) is 18.2 Å². The lowest BCUT2D eigenvalue weighted by molar-refractivity contribution is -0.142. The molecule has 0 aliphatic carbocycles. The summed E-state index contributed by atoms with van der Waals surface area (Å²) in [6.07, 6.45) is -0.139. The van der Waals surface area contributed by atoms with Gasteiger partial charge in [0.15, 0.2) is 0 Å². The van der Waals surface area contributed by atoms with Gasteiger partial charge < -0.3 is 14.6 Å². The van der Waals surface area contributed by atoms with Crippen molar-refractivity contribution >= 4 is 38.4 Å². The van der Waals surface area contributed by atoms with Gasteiger partial charge in [0.2, 0.25) is 0 Å². The number of aromatic nitrogens is 2. The van der Waals surface area contributed by atoms with Gasteiger partial charge in [0, 0.05) is 12.7 Å². The van der Waals surface area contributed by atoms with Gasteiger partial charge in [-0.15, -0.1) is 0 Å². The van der Waals surface area contributed by atoms with E-state index in [1.807, 2.05) is 23.7 Å². The van der Waals surface area contributed by atoms with Crippen molar-refractivity contribution in [2.24, 2.45) is 7.05 Å². The van der Waals surface area contributed by atoms with Gasteiger partial charge in [-0.05, 0) is 61.0 Å². The van der Waals surface area contributed by atoms with Gasteiger partial charge in [0.05, 0.1) is 52.8 Å². The SMILES string of the molecule is CCOC(=O)Cc1ccccc1S(=O)(=O)Nc1ccc2c(c1)nc(CNc1ccc(C#N)cc1)n2C. The van der Waals surface area contributed by atoms with Crippen molar-refractivity contribution in [2.45, 2.75) is 24.8 Å². The number of imidazole rings is 1. The van der Waals surface area contributed by atoms with E-state index in [-0.39, 0.29) is 17.9 Å². The summed E-state index contributed by atoms with van der Waals surface area (Å²) in [5.41, 5.74) is 3.64. The Morgan fingerprint density at radius 2 is 1.81 bits per heavy atom. The predicted molar refractivity (Wildman–Crippen MR) is 137 cm³/mol. The van der Waals surface area contributed by atoms with Crippen molar-refractivity contribution in [1.29, 1.82) is 5.26 Å². The van der Waals surface area contributed by atoms with Crippen LogP contribution in [0.2, 0.25) is 0 Å². The Kier molecular flexibility index (Phi) is 7.22. The number of rotatable bonds is 9. The van der Waals surface area contributed by atoms with Gasteiger partial charge >= 0.3 is 5.97 Å². The normalized spacial score (nSPS) is 11.1. The molecule has 184 valence electrons. The average molecular weight is 504 g/mol. The molecule has 1 heterocycles. The smallest absolute Gasteiger partial charge is 0.310 e. The van der Waals surface area contributed by atoms with Crippen molar-refractivity contribution in [2.75, 3.05) is 16.6 Å². The van der Waals surface area contributed by atoms with E-state index in [4.69, 9.17) is 10.00 Å². The van der Waals surface area contributed by atoms with Crippen LogP contribution in [0.25, 0.3) is 11.0 Å². The number of nitrogens with zero attached hydrogens (tertiary/aromatic N) is 3. The van der Waals surface area contributed by atoms with E-state index in [1.165, 1.54) is 6.07 Å². The number of carbonyl (C=O) groups is 1. The summed E-state index contributed by atoms with van der Waals surface area (Å²) in [5.74, 6) is 0.270. The number of carbonyl (C=O) groups excluding carboxylic acids is 1. The molecule has 0 aliphatic rings. The Labute approximate surface area is 209 Å². The monoisotopic (exact) mass is 503 g/mol. The summed E-state index contributed by atoms with van der Waals surface area (Å²) in [7, 11) is -2.07. The van der Waals surface area contributed by atoms with Gasteiger partial charge in [-0.3, -0.25) is 9.52 Å². The van der Waals surface area contributed by atoms with E-state index in [1.54, 1.807) is 55.5 Å².